The van der Waals surface area contributed by atoms with Crippen LogP contribution in [0, 0.1) is 0 Å². The van der Waals surface area contributed by atoms with E-state index in [4.69, 9.17) is 27.9 Å². The van der Waals surface area contributed by atoms with Crippen molar-refractivity contribution >= 4 is 40.9 Å². The number of thioether (sulfide) groups is 1. The number of amides is 1. The van der Waals surface area contributed by atoms with Gasteiger partial charge in [0.15, 0.2) is 6.10 Å². The smallest absolute Gasteiger partial charge is 0.261 e. The zero-order chi connectivity index (χ0) is 18.1. The monoisotopic (exact) mass is 397 g/mol. The molecule has 0 bridgehead atoms. The summed E-state index contributed by atoms with van der Waals surface area (Å²) < 4.78 is 5.73. The average molecular weight is 398 g/mol. The molecule has 0 fully saturated rings. The number of benzene rings is 2. The Morgan fingerprint density at radius 2 is 1.68 bits per heavy atom. The van der Waals surface area contributed by atoms with Crippen molar-refractivity contribution in [3.63, 3.8) is 0 Å². The lowest BCUT2D eigenvalue weighted by atomic mass is 10.2. The highest BCUT2D eigenvalue weighted by Gasteiger charge is 2.17. The molecule has 0 radical (unpaired) electrons. The first kappa shape index (κ1) is 20.0. The number of carbonyl (C=O) groups excluding carboxylic acids is 1. The predicted octanol–water partition coefficient (Wildman–Crippen LogP) is 5.20. The minimum absolute atomic E-state index is 0.0930. The van der Waals surface area contributed by atoms with Crippen molar-refractivity contribution in [1.29, 1.82) is 0 Å². The van der Waals surface area contributed by atoms with E-state index in [9.17, 15) is 4.79 Å². The molecule has 0 aliphatic rings. The SMILES string of the molecule is CC[C@@H](Oc1ccc(Cl)cc1)C(=O)NCCSCc1ccc(Cl)cc1. The summed E-state index contributed by atoms with van der Waals surface area (Å²) >= 11 is 13.5. The van der Waals surface area contributed by atoms with Gasteiger partial charge in [-0.25, -0.2) is 0 Å². The third-order valence-corrected chi connectivity index (χ3v) is 5.02. The summed E-state index contributed by atoms with van der Waals surface area (Å²) in [4.78, 5) is 12.2. The molecule has 2 rings (SSSR count). The van der Waals surface area contributed by atoms with Gasteiger partial charge in [0.1, 0.15) is 5.75 Å². The van der Waals surface area contributed by atoms with Gasteiger partial charge in [-0.2, -0.15) is 11.8 Å². The third-order valence-electron chi connectivity index (χ3n) is 3.48. The first-order valence-electron chi connectivity index (χ1n) is 8.10. The molecule has 0 aliphatic heterocycles. The number of halogens is 2. The van der Waals surface area contributed by atoms with Crippen molar-refractivity contribution in [2.75, 3.05) is 12.3 Å². The minimum atomic E-state index is -0.498. The van der Waals surface area contributed by atoms with Crippen molar-refractivity contribution in [2.24, 2.45) is 0 Å². The van der Waals surface area contributed by atoms with Gasteiger partial charge in [0.2, 0.25) is 0 Å². The molecule has 0 unspecified atom stereocenters. The normalized spacial score (nSPS) is 11.8. The van der Waals surface area contributed by atoms with Gasteiger partial charge < -0.3 is 10.1 Å². The first-order valence-corrected chi connectivity index (χ1v) is 10.0. The van der Waals surface area contributed by atoms with Crippen LogP contribution in [-0.4, -0.2) is 24.3 Å². The quantitative estimate of drug-likeness (QED) is 0.590. The molecule has 0 aromatic heterocycles. The van der Waals surface area contributed by atoms with Crippen LogP contribution in [0.25, 0.3) is 0 Å². The number of carbonyl (C=O) groups is 1. The standard InChI is InChI=1S/C19H21Cl2NO2S/c1-2-18(24-17-9-7-16(21)8-10-17)19(23)22-11-12-25-13-14-3-5-15(20)6-4-14/h3-10,18H,2,11-13H2,1H3,(H,22,23)/t18-/m1/s1. The molecule has 2 aromatic carbocycles. The van der Waals surface area contributed by atoms with Crippen molar-refractivity contribution in [3.8, 4) is 5.75 Å². The topological polar surface area (TPSA) is 38.3 Å². The van der Waals surface area contributed by atoms with E-state index in [0.29, 0.717) is 23.7 Å². The van der Waals surface area contributed by atoms with Gasteiger partial charge in [-0.15, -0.1) is 0 Å². The summed E-state index contributed by atoms with van der Waals surface area (Å²) in [6, 6.07) is 14.8. The molecule has 1 N–H and O–H groups in total. The van der Waals surface area contributed by atoms with E-state index in [1.165, 1.54) is 5.56 Å². The Hall–Kier alpha value is -1.36. The van der Waals surface area contributed by atoms with Crippen molar-refractivity contribution in [2.45, 2.75) is 25.2 Å². The zero-order valence-corrected chi connectivity index (χ0v) is 16.3. The lowest BCUT2D eigenvalue weighted by Crippen LogP contribution is -2.39. The van der Waals surface area contributed by atoms with Crippen molar-refractivity contribution in [1.82, 2.24) is 5.32 Å². The molecular weight excluding hydrogens is 377 g/mol. The van der Waals surface area contributed by atoms with Crippen LogP contribution in [0.4, 0.5) is 0 Å². The van der Waals surface area contributed by atoms with Gasteiger partial charge in [-0.1, -0.05) is 42.3 Å². The molecular formula is C19H21Cl2NO2S. The van der Waals surface area contributed by atoms with E-state index in [1.54, 1.807) is 36.0 Å². The van der Waals surface area contributed by atoms with E-state index in [2.05, 4.69) is 5.32 Å². The number of ether oxygens (including phenoxy) is 1. The van der Waals surface area contributed by atoms with E-state index in [0.717, 1.165) is 16.5 Å². The Morgan fingerprint density at radius 3 is 2.28 bits per heavy atom. The van der Waals surface area contributed by atoms with Crippen LogP contribution in [0.3, 0.4) is 0 Å². The highest BCUT2D eigenvalue weighted by molar-refractivity contribution is 7.98. The van der Waals surface area contributed by atoms with Crippen LogP contribution in [0.15, 0.2) is 48.5 Å². The molecule has 1 atom stereocenters. The van der Waals surface area contributed by atoms with Crippen LogP contribution in [0.2, 0.25) is 10.0 Å². The number of hydrogen-bond acceptors (Lipinski definition) is 3. The van der Waals surface area contributed by atoms with Crippen LogP contribution in [-0.2, 0) is 10.5 Å². The van der Waals surface area contributed by atoms with Gasteiger partial charge in [0, 0.05) is 28.1 Å². The van der Waals surface area contributed by atoms with E-state index in [-0.39, 0.29) is 5.91 Å². The maximum absolute atomic E-state index is 12.2. The summed E-state index contributed by atoms with van der Waals surface area (Å²) in [5.41, 5.74) is 1.22. The predicted molar refractivity (Wildman–Crippen MR) is 107 cm³/mol. The summed E-state index contributed by atoms with van der Waals surface area (Å²) in [5.74, 6) is 2.28. The summed E-state index contributed by atoms with van der Waals surface area (Å²) in [5, 5.41) is 4.31. The van der Waals surface area contributed by atoms with Crippen molar-refractivity contribution in [3.05, 3.63) is 64.1 Å². The van der Waals surface area contributed by atoms with Crippen LogP contribution in [0.5, 0.6) is 5.75 Å². The van der Waals surface area contributed by atoms with Gasteiger partial charge in [-0.3, -0.25) is 4.79 Å². The van der Waals surface area contributed by atoms with E-state index < -0.39 is 6.10 Å². The molecule has 6 heteroatoms. The Morgan fingerprint density at radius 1 is 1.08 bits per heavy atom. The largest absolute Gasteiger partial charge is 0.481 e. The Bertz CT molecular complexity index is 662. The summed E-state index contributed by atoms with van der Waals surface area (Å²) in [6.07, 6.45) is 0.106. The van der Waals surface area contributed by atoms with Gasteiger partial charge in [0.25, 0.3) is 5.91 Å². The Labute approximate surface area is 163 Å². The molecule has 1 amide bonds. The maximum Gasteiger partial charge on any atom is 0.261 e. The molecule has 0 heterocycles. The number of nitrogens with one attached hydrogen (secondary N) is 1. The van der Waals surface area contributed by atoms with E-state index >= 15 is 0 Å². The molecule has 3 nitrogen and oxygen atoms in total. The molecule has 25 heavy (non-hydrogen) atoms. The highest BCUT2D eigenvalue weighted by atomic mass is 35.5. The van der Waals surface area contributed by atoms with Crippen LogP contribution >= 0.6 is 35.0 Å². The second kappa shape index (κ2) is 10.6. The third kappa shape index (κ3) is 7.18. The molecule has 2 aromatic rings. The summed E-state index contributed by atoms with van der Waals surface area (Å²) in [6.45, 7) is 2.53. The fourth-order valence-electron chi connectivity index (χ4n) is 2.13. The van der Waals surface area contributed by atoms with Gasteiger partial charge in [0.05, 0.1) is 0 Å². The fourth-order valence-corrected chi connectivity index (χ4v) is 3.20. The fraction of sp³-hybridized carbons (Fsp3) is 0.316. The molecule has 134 valence electrons. The molecule has 0 aliphatic carbocycles. The first-order chi connectivity index (χ1) is 12.1. The van der Waals surface area contributed by atoms with E-state index in [1.807, 2.05) is 31.2 Å². The van der Waals surface area contributed by atoms with Crippen LogP contribution < -0.4 is 10.1 Å². The average Bonchev–Trinajstić information content (AvgIpc) is 2.62. The molecule has 0 saturated heterocycles. The second-order valence-corrected chi connectivity index (χ2v) is 7.42. The Balaban J connectivity index is 1.68. The van der Waals surface area contributed by atoms with Crippen molar-refractivity contribution < 1.29 is 9.53 Å². The highest BCUT2D eigenvalue weighted by Crippen LogP contribution is 2.18. The molecule has 0 spiro atoms. The number of hydrogen-bond donors (Lipinski definition) is 1. The second-order valence-electron chi connectivity index (χ2n) is 5.44. The lowest BCUT2D eigenvalue weighted by Gasteiger charge is -2.17. The lowest BCUT2D eigenvalue weighted by molar-refractivity contribution is -0.127. The zero-order valence-electron chi connectivity index (χ0n) is 14.0. The maximum atomic E-state index is 12.2. The molecule has 0 saturated carbocycles. The van der Waals surface area contributed by atoms with Crippen LogP contribution in [0.1, 0.15) is 18.9 Å². The minimum Gasteiger partial charge on any atom is -0.481 e. The Kier molecular flexibility index (Phi) is 8.45. The number of rotatable bonds is 9. The summed E-state index contributed by atoms with van der Waals surface area (Å²) in [7, 11) is 0. The van der Waals surface area contributed by atoms with Gasteiger partial charge >= 0.3 is 0 Å². The van der Waals surface area contributed by atoms with Gasteiger partial charge in [-0.05, 0) is 48.4 Å².